The number of phenols is 1. The number of benzene rings is 1. The Balaban J connectivity index is 2.88. The van der Waals surface area contributed by atoms with E-state index >= 15 is 0 Å². The van der Waals surface area contributed by atoms with Crippen LogP contribution < -0.4 is 5.73 Å². The van der Waals surface area contributed by atoms with E-state index in [0.29, 0.717) is 17.4 Å². The maximum absolute atomic E-state index is 10.7. The Morgan fingerprint density at radius 2 is 2.19 bits per heavy atom. The second-order valence-corrected chi connectivity index (χ2v) is 3.47. The molecule has 0 aliphatic heterocycles. The third-order valence-electron chi connectivity index (χ3n) is 2.27. The van der Waals surface area contributed by atoms with Crippen LogP contribution in [-0.4, -0.2) is 22.5 Å². The zero-order valence-electron chi connectivity index (χ0n) is 8.59. The molecule has 0 amide bonds. The molecule has 0 aliphatic rings. The molecule has 0 fully saturated rings. The van der Waals surface area contributed by atoms with E-state index in [9.17, 15) is 14.7 Å². The molecule has 0 saturated heterocycles. The van der Waals surface area contributed by atoms with Gasteiger partial charge in [-0.15, -0.1) is 0 Å². The van der Waals surface area contributed by atoms with Crippen LogP contribution in [0, 0.1) is 0 Å². The highest BCUT2D eigenvalue weighted by Crippen LogP contribution is 2.23. The molecule has 4 N–H and O–H groups in total. The van der Waals surface area contributed by atoms with Gasteiger partial charge in [0.25, 0.3) is 0 Å². The van der Waals surface area contributed by atoms with Crippen molar-refractivity contribution in [3.05, 3.63) is 29.3 Å². The molecule has 0 bridgehead atoms. The van der Waals surface area contributed by atoms with Crippen molar-refractivity contribution in [2.24, 2.45) is 5.73 Å². The van der Waals surface area contributed by atoms with E-state index < -0.39 is 12.0 Å². The van der Waals surface area contributed by atoms with Gasteiger partial charge in [0.05, 0.1) is 0 Å². The molecular weight excluding hydrogens is 210 g/mol. The van der Waals surface area contributed by atoms with Crippen LogP contribution in [0.25, 0.3) is 0 Å². The van der Waals surface area contributed by atoms with Crippen molar-refractivity contribution in [2.75, 3.05) is 0 Å². The van der Waals surface area contributed by atoms with Gasteiger partial charge in [-0.1, -0.05) is 0 Å². The number of carbonyl (C=O) groups is 2. The number of phenolic OH excluding ortho intramolecular Hbond substituents is 1. The van der Waals surface area contributed by atoms with Crippen LogP contribution in [0.5, 0.6) is 5.75 Å². The van der Waals surface area contributed by atoms with Crippen molar-refractivity contribution in [1.29, 1.82) is 0 Å². The Kier molecular flexibility index (Phi) is 4.02. The van der Waals surface area contributed by atoms with Crippen molar-refractivity contribution in [3.8, 4) is 5.75 Å². The minimum atomic E-state index is -0.941. The first-order valence-corrected chi connectivity index (χ1v) is 4.80. The largest absolute Gasteiger partial charge is 0.508 e. The number of hydrogen-bond acceptors (Lipinski definition) is 4. The predicted molar refractivity (Wildman–Crippen MR) is 57.3 cm³/mol. The maximum atomic E-state index is 10.7. The molecule has 0 aliphatic carbocycles. The van der Waals surface area contributed by atoms with Crippen molar-refractivity contribution < 1.29 is 19.8 Å². The standard InChI is InChI=1S/C11H13NO4/c12-10(3-4-11(15)16)9-5-8(14)2-1-7(9)6-13/h1-2,5-6,10,14H,3-4,12H2,(H,15,16). The molecule has 16 heavy (non-hydrogen) atoms. The lowest BCUT2D eigenvalue weighted by Gasteiger charge is -2.13. The third-order valence-corrected chi connectivity index (χ3v) is 2.27. The molecule has 86 valence electrons. The Bertz CT molecular complexity index is 403. The molecule has 1 atom stereocenters. The smallest absolute Gasteiger partial charge is 0.303 e. The fourth-order valence-electron chi connectivity index (χ4n) is 1.43. The lowest BCUT2D eigenvalue weighted by atomic mass is 9.98. The van der Waals surface area contributed by atoms with Crippen molar-refractivity contribution >= 4 is 12.3 Å². The average molecular weight is 223 g/mol. The quantitative estimate of drug-likeness (QED) is 0.648. The van der Waals surface area contributed by atoms with Crippen LogP contribution in [0.3, 0.4) is 0 Å². The molecule has 1 unspecified atom stereocenters. The maximum Gasteiger partial charge on any atom is 0.303 e. The van der Waals surface area contributed by atoms with E-state index in [-0.39, 0.29) is 18.6 Å². The second kappa shape index (κ2) is 5.27. The number of hydrogen-bond donors (Lipinski definition) is 3. The molecule has 0 spiro atoms. The molecule has 5 nitrogen and oxygen atoms in total. The summed E-state index contributed by atoms with van der Waals surface area (Å²) in [6.45, 7) is 0. The molecule has 0 radical (unpaired) electrons. The van der Waals surface area contributed by atoms with Gasteiger partial charge in [0.15, 0.2) is 0 Å². The molecule has 1 aromatic carbocycles. The first-order valence-electron chi connectivity index (χ1n) is 4.80. The predicted octanol–water partition coefficient (Wildman–Crippen LogP) is 1.07. The SMILES string of the molecule is NC(CCC(=O)O)c1cc(O)ccc1C=O. The molecule has 0 heterocycles. The van der Waals surface area contributed by atoms with E-state index in [2.05, 4.69) is 0 Å². The molecule has 1 rings (SSSR count). The highest BCUT2D eigenvalue weighted by atomic mass is 16.4. The number of aldehydes is 1. The van der Waals surface area contributed by atoms with Crippen LogP contribution >= 0.6 is 0 Å². The van der Waals surface area contributed by atoms with Gasteiger partial charge in [-0.2, -0.15) is 0 Å². The van der Waals surface area contributed by atoms with Crippen molar-refractivity contribution in [3.63, 3.8) is 0 Å². The highest BCUT2D eigenvalue weighted by molar-refractivity contribution is 5.78. The summed E-state index contributed by atoms with van der Waals surface area (Å²) in [5.41, 5.74) is 6.59. The van der Waals surface area contributed by atoms with E-state index in [1.807, 2.05) is 0 Å². The summed E-state index contributed by atoms with van der Waals surface area (Å²) in [5.74, 6) is -0.936. The van der Waals surface area contributed by atoms with Crippen molar-refractivity contribution in [2.45, 2.75) is 18.9 Å². The summed E-state index contributed by atoms with van der Waals surface area (Å²) < 4.78 is 0. The Labute approximate surface area is 92.5 Å². The van der Waals surface area contributed by atoms with Gasteiger partial charge in [-0.25, -0.2) is 0 Å². The van der Waals surface area contributed by atoms with E-state index in [4.69, 9.17) is 10.8 Å². The van der Waals surface area contributed by atoms with Crippen LogP contribution in [0.1, 0.15) is 34.8 Å². The van der Waals surface area contributed by atoms with Crippen LogP contribution in [0.4, 0.5) is 0 Å². The highest BCUT2D eigenvalue weighted by Gasteiger charge is 2.13. The summed E-state index contributed by atoms with van der Waals surface area (Å²) >= 11 is 0. The number of carboxylic acids is 1. The molecule has 1 aromatic rings. The topological polar surface area (TPSA) is 101 Å². The van der Waals surface area contributed by atoms with Crippen LogP contribution in [-0.2, 0) is 4.79 Å². The Hall–Kier alpha value is -1.88. The van der Waals surface area contributed by atoms with E-state index in [0.717, 1.165) is 0 Å². The first-order chi connectivity index (χ1) is 7.54. The zero-order chi connectivity index (χ0) is 12.1. The molecular formula is C11H13NO4. The monoisotopic (exact) mass is 223 g/mol. The van der Waals surface area contributed by atoms with Gasteiger partial charge >= 0.3 is 5.97 Å². The minimum Gasteiger partial charge on any atom is -0.508 e. The number of nitrogens with two attached hydrogens (primary N) is 1. The van der Waals surface area contributed by atoms with Gasteiger partial charge in [0.2, 0.25) is 0 Å². The first kappa shape index (κ1) is 12.2. The lowest BCUT2D eigenvalue weighted by molar-refractivity contribution is -0.137. The van der Waals surface area contributed by atoms with Gasteiger partial charge in [0, 0.05) is 18.0 Å². The van der Waals surface area contributed by atoms with Gasteiger partial charge in [-0.05, 0) is 30.2 Å². The van der Waals surface area contributed by atoms with E-state index in [1.54, 1.807) is 0 Å². The fraction of sp³-hybridized carbons (Fsp3) is 0.273. The number of carbonyl (C=O) groups excluding carboxylic acids is 1. The summed E-state index contributed by atoms with van der Waals surface area (Å²) in [6.07, 6.45) is 0.782. The number of aliphatic carboxylic acids is 1. The number of rotatable bonds is 5. The molecule has 0 saturated carbocycles. The van der Waals surface area contributed by atoms with Gasteiger partial charge in [0.1, 0.15) is 12.0 Å². The Morgan fingerprint density at radius 1 is 1.50 bits per heavy atom. The average Bonchev–Trinajstić information content (AvgIpc) is 2.25. The van der Waals surface area contributed by atoms with Crippen LogP contribution in [0.15, 0.2) is 18.2 Å². The normalized spacial score (nSPS) is 12.1. The number of aromatic hydroxyl groups is 1. The number of carboxylic acid groups (broad SMARTS) is 1. The van der Waals surface area contributed by atoms with Crippen molar-refractivity contribution in [1.82, 2.24) is 0 Å². The van der Waals surface area contributed by atoms with E-state index in [1.165, 1.54) is 18.2 Å². The van der Waals surface area contributed by atoms with Crippen LogP contribution in [0.2, 0.25) is 0 Å². The zero-order valence-corrected chi connectivity index (χ0v) is 8.59. The second-order valence-electron chi connectivity index (χ2n) is 3.47. The third kappa shape index (κ3) is 3.06. The summed E-state index contributed by atoms with van der Waals surface area (Å²) in [6, 6.07) is 3.66. The lowest BCUT2D eigenvalue weighted by Crippen LogP contribution is -2.14. The minimum absolute atomic E-state index is 0.00590. The van der Waals surface area contributed by atoms with Gasteiger partial charge < -0.3 is 15.9 Å². The van der Waals surface area contributed by atoms with Gasteiger partial charge in [-0.3, -0.25) is 9.59 Å². The summed E-state index contributed by atoms with van der Waals surface area (Å²) in [5, 5.41) is 17.8. The fourth-order valence-corrected chi connectivity index (χ4v) is 1.43. The molecule has 0 aromatic heterocycles. The summed E-state index contributed by atoms with van der Waals surface area (Å²) in [7, 11) is 0. The summed E-state index contributed by atoms with van der Waals surface area (Å²) in [4.78, 5) is 21.1. The molecule has 5 heteroatoms. The Morgan fingerprint density at radius 3 is 2.75 bits per heavy atom.